The Labute approximate surface area is 131 Å². The number of benzene rings is 2. The van der Waals surface area contributed by atoms with Crippen LogP contribution < -0.4 is 20.1 Å². The molecule has 2 amide bonds. The summed E-state index contributed by atoms with van der Waals surface area (Å²) in [6.45, 7) is 0.345. The van der Waals surface area contributed by atoms with E-state index in [0.717, 1.165) is 5.56 Å². The fourth-order valence-corrected chi connectivity index (χ4v) is 2.07. The zero-order valence-corrected chi connectivity index (χ0v) is 12.0. The van der Waals surface area contributed by atoms with Gasteiger partial charge in [-0.2, -0.15) is 0 Å². The maximum absolute atomic E-state index is 11.8. The molecule has 3 N–H and O–H groups in total. The molecular formula is C16H14N2O5. The van der Waals surface area contributed by atoms with E-state index in [9.17, 15) is 14.7 Å². The maximum atomic E-state index is 11.8. The monoisotopic (exact) mass is 314 g/mol. The number of fused-ring (bicyclic) bond motifs is 1. The van der Waals surface area contributed by atoms with Gasteiger partial charge in [-0.3, -0.25) is 9.59 Å². The van der Waals surface area contributed by atoms with Crippen LogP contribution in [0.5, 0.6) is 17.2 Å². The van der Waals surface area contributed by atoms with Gasteiger partial charge in [0.25, 0.3) is 0 Å². The Morgan fingerprint density at radius 2 is 1.83 bits per heavy atom. The number of nitrogens with one attached hydrogen (secondary N) is 2. The SMILES string of the molecule is O=C(NCc1ccc2c(c1)OCO2)C(=O)Nc1ccccc1O. The number of phenolic OH excluding ortho intramolecular Hbond substituents is 1. The first kappa shape index (κ1) is 14.7. The quantitative estimate of drug-likeness (QED) is 0.587. The third-order valence-electron chi connectivity index (χ3n) is 3.25. The molecule has 0 atom stereocenters. The molecule has 0 fully saturated rings. The van der Waals surface area contributed by atoms with Crippen molar-refractivity contribution in [2.24, 2.45) is 0 Å². The molecule has 0 spiro atoms. The van der Waals surface area contributed by atoms with Crippen molar-refractivity contribution >= 4 is 17.5 Å². The zero-order chi connectivity index (χ0) is 16.2. The lowest BCUT2D eigenvalue weighted by atomic mass is 10.2. The summed E-state index contributed by atoms with van der Waals surface area (Å²) in [5.41, 5.74) is 0.952. The number of ether oxygens (including phenoxy) is 2. The normalized spacial score (nSPS) is 11.8. The molecule has 0 aromatic heterocycles. The molecule has 1 aliphatic heterocycles. The van der Waals surface area contributed by atoms with Gasteiger partial charge in [0.15, 0.2) is 11.5 Å². The molecule has 2 aromatic carbocycles. The molecule has 0 saturated carbocycles. The molecule has 0 unspecified atom stereocenters. The number of carbonyl (C=O) groups excluding carboxylic acids is 2. The van der Waals surface area contributed by atoms with E-state index in [-0.39, 0.29) is 24.8 Å². The van der Waals surface area contributed by atoms with Gasteiger partial charge in [0.05, 0.1) is 5.69 Å². The van der Waals surface area contributed by atoms with Crippen LogP contribution in [-0.2, 0) is 16.1 Å². The molecule has 118 valence electrons. The van der Waals surface area contributed by atoms with Crippen molar-refractivity contribution in [3.63, 3.8) is 0 Å². The minimum absolute atomic E-state index is 0.107. The number of carbonyl (C=O) groups is 2. The Balaban J connectivity index is 1.57. The topological polar surface area (TPSA) is 96.9 Å². The Morgan fingerprint density at radius 1 is 1.04 bits per heavy atom. The summed E-state index contributed by atoms with van der Waals surface area (Å²) in [5, 5.41) is 14.4. The number of amides is 2. The highest BCUT2D eigenvalue weighted by atomic mass is 16.7. The van der Waals surface area contributed by atoms with E-state index in [1.807, 2.05) is 0 Å². The fraction of sp³-hybridized carbons (Fsp3) is 0.125. The zero-order valence-electron chi connectivity index (χ0n) is 12.0. The van der Waals surface area contributed by atoms with Gasteiger partial charge in [0, 0.05) is 6.54 Å². The van der Waals surface area contributed by atoms with Crippen molar-refractivity contribution in [1.82, 2.24) is 5.32 Å². The predicted molar refractivity (Wildman–Crippen MR) is 81.1 cm³/mol. The standard InChI is InChI=1S/C16H14N2O5/c19-12-4-2-1-3-11(12)18-16(21)15(20)17-8-10-5-6-13-14(7-10)23-9-22-13/h1-7,19H,8-9H2,(H,17,20)(H,18,21). The first-order valence-corrected chi connectivity index (χ1v) is 6.89. The number of hydrogen-bond donors (Lipinski definition) is 3. The van der Waals surface area contributed by atoms with Gasteiger partial charge in [0.1, 0.15) is 5.75 Å². The molecule has 0 radical (unpaired) electrons. The van der Waals surface area contributed by atoms with Crippen LogP contribution in [0.3, 0.4) is 0 Å². The fourth-order valence-electron chi connectivity index (χ4n) is 2.07. The minimum atomic E-state index is -0.854. The van der Waals surface area contributed by atoms with Crippen LogP contribution in [0, 0.1) is 0 Å². The van der Waals surface area contributed by atoms with Gasteiger partial charge in [0.2, 0.25) is 6.79 Å². The van der Waals surface area contributed by atoms with Crippen molar-refractivity contribution in [3.05, 3.63) is 48.0 Å². The van der Waals surface area contributed by atoms with Crippen LogP contribution in [0.2, 0.25) is 0 Å². The third kappa shape index (κ3) is 3.34. The molecule has 1 heterocycles. The summed E-state index contributed by atoms with van der Waals surface area (Å²) in [7, 11) is 0. The number of para-hydroxylation sites is 2. The largest absolute Gasteiger partial charge is 0.506 e. The number of phenols is 1. The molecule has 3 rings (SSSR count). The second-order valence-corrected chi connectivity index (χ2v) is 4.84. The lowest BCUT2D eigenvalue weighted by Crippen LogP contribution is -2.34. The molecule has 23 heavy (non-hydrogen) atoms. The van der Waals surface area contributed by atoms with E-state index < -0.39 is 11.8 Å². The summed E-state index contributed by atoms with van der Waals surface area (Å²) >= 11 is 0. The van der Waals surface area contributed by atoms with E-state index in [4.69, 9.17) is 9.47 Å². The summed E-state index contributed by atoms with van der Waals surface area (Å²) in [4.78, 5) is 23.6. The van der Waals surface area contributed by atoms with Crippen LogP contribution in [0.25, 0.3) is 0 Å². The molecule has 7 nitrogen and oxygen atoms in total. The molecule has 0 aliphatic carbocycles. The number of hydrogen-bond acceptors (Lipinski definition) is 5. The summed E-state index contributed by atoms with van der Waals surface area (Å²) in [6.07, 6.45) is 0. The Morgan fingerprint density at radius 3 is 2.65 bits per heavy atom. The maximum Gasteiger partial charge on any atom is 0.313 e. The van der Waals surface area contributed by atoms with Gasteiger partial charge in [-0.15, -0.1) is 0 Å². The van der Waals surface area contributed by atoms with Crippen LogP contribution in [-0.4, -0.2) is 23.7 Å². The molecule has 0 bridgehead atoms. The number of anilines is 1. The van der Waals surface area contributed by atoms with Crippen LogP contribution >= 0.6 is 0 Å². The average molecular weight is 314 g/mol. The minimum Gasteiger partial charge on any atom is -0.506 e. The first-order valence-electron chi connectivity index (χ1n) is 6.89. The van der Waals surface area contributed by atoms with Crippen molar-refractivity contribution in [3.8, 4) is 17.2 Å². The van der Waals surface area contributed by atoms with E-state index in [0.29, 0.717) is 11.5 Å². The average Bonchev–Trinajstić information content (AvgIpc) is 3.02. The predicted octanol–water partition coefficient (Wildman–Crippen LogP) is 1.38. The van der Waals surface area contributed by atoms with Crippen molar-refractivity contribution < 1.29 is 24.2 Å². The van der Waals surface area contributed by atoms with Crippen LogP contribution in [0.15, 0.2) is 42.5 Å². The van der Waals surface area contributed by atoms with Gasteiger partial charge in [-0.25, -0.2) is 0 Å². The van der Waals surface area contributed by atoms with E-state index in [1.54, 1.807) is 30.3 Å². The van der Waals surface area contributed by atoms with Crippen molar-refractivity contribution in [2.75, 3.05) is 12.1 Å². The van der Waals surface area contributed by atoms with E-state index >= 15 is 0 Å². The number of aromatic hydroxyl groups is 1. The van der Waals surface area contributed by atoms with Crippen molar-refractivity contribution in [1.29, 1.82) is 0 Å². The lowest BCUT2D eigenvalue weighted by Gasteiger charge is -2.08. The van der Waals surface area contributed by atoms with Gasteiger partial charge in [-0.05, 0) is 29.8 Å². The highest BCUT2D eigenvalue weighted by Crippen LogP contribution is 2.32. The van der Waals surface area contributed by atoms with Gasteiger partial charge >= 0.3 is 11.8 Å². The second-order valence-electron chi connectivity index (χ2n) is 4.84. The highest BCUT2D eigenvalue weighted by Gasteiger charge is 2.16. The van der Waals surface area contributed by atoms with Crippen LogP contribution in [0.4, 0.5) is 5.69 Å². The van der Waals surface area contributed by atoms with E-state index in [2.05, 4.69) is 10.6 Å². The highest BCUT2D eigenvalue weighted by molar-refractivity contribution is 6.39. The van der Waals surface area contributed by atoms with Crippen molar-refractivity contribution in [2.45, 2.75) is 6.54 Å². The first-order chi connectivity index (χ1) is 11.1. The smallest absolute Gasteiger partial charge is 0.313 e. The second kappa shape index (κ2) is 6.27. The Hall–Kier alpha value is -3.22. The lowest BCUT2D eigenvalue weighted by molar-refractivity contribution is -0.136. The Kier molecular flexibility index (Phi) is 4.01. The molecule has 7 heteroatoms. The third-order valence-corrected chi connectivity index (χ3v) is 3.25. The summed E-state index contributed by atoms with van der Waals surface area (Å²) < 4.78 is 10.4. The summed E-state index contributed by atoms with van der Waals surface area (Å²) in [5.74, 6) is -0.504. The molecular weight excluding hydrogens is 300 g/mol. The molecule has 2 aromatic rings. The van der Waals surface area contributed by atoms with Gasteiger partial charge < -0.3 is 25.2 Å². The summed E-state index contributed by atoms with van der Waals surface area (Å²) in [6, 6.07) is 11.4. The molecule has 0 saturated heterocycles. The van der Waals surface area contributed by atoms with Gasteiger partial charge in [-0.1, -0.05) is 18.2 Å². The number of rotatable bonds is 3. The molecule has 1 aliphatic rings. The Bertz CT molecular complexity index is 760. The van der Waals surface area contributed by atoms with E-state index in [1.165, 1.54) is 12.1 Å². The van der Waals surface area contributed by atoms with Crippen LogP contribution in [0.1, 0.15) is 5.56 Å².